The van der Waals surface area contributed by atoms with Gasteiger partial charge in [-0.25, -0.2) is 0 Å². The van der Waals surface area contributed by atoms with Gasteiger partial charge in [0.15, 0.2) is 0 Å². The Balaban J connectivity index is 3.35. The molecule has 0 N–H and O–H groups in total. The van der Waals surface area contributed by atoms with Crippen LogP contribution in [-0.2, 0) is 0 Å². The minimum absolute atomic E-state index is 1.04. The van der Waals surface area contributed by atoms with E-state index in [4.69, 9.17) is 0 Å². The zero-order valence-electron chi connectivity index (χ0n) is 18.4. The Morgan fingerprint density at radius 3 is 1.04 bits per heavy atom. The van der Waals surface area contributed by atoms with Gasteiger partial charge in [0, 0.05) is 0 Å². The summed E-state index contributed by atoms with van der Waals surface area (Å²) in [5.74, 6) is 1.04. The predicted octanol–water partition coefficient (Wildman–Crippen LogP) is 9.85. The fourth-order valence-electron chi connectivity index (χ4n) is 4.06. The molecule has 0 heteroatoms. The predicted molar refractivity (Wildman–Crippen MR) is 117 cm³/mol. The zero-order chi connectivity index (χ0) is 18.4. The van der Waals surface area contributed by atoms with Crippen molar-refractivity contribution in [3.63, 3.8) is 0 Å². The van der Waals surface area contributed by atoms with Crippen molar-refractivity contribution in [2.45, 2.75) is 156 Å². The lowest BCUT2D eigenvalue weighted by Crippen LogP contribution is -2.01. The average Bonchev–Trinajstić information content (AvgIpc) is 2.63. The number of unbranched alkanes of at least 4 members (excludes halogenated alkanes) is 15. The molecule has 0 bridgehead atoms. The van der Waals surface area contributed by atoms with Crippen molar-refractivity contribution in [2.75, 3.05) is 0 Å². The summed E-state index contributed by atoms with van der Waals surface area (Å²) in [6.45, 7) is 6.97. The SMILES string of the molecule is CCCCCCCCCCCCCCCC(CCCC)CCCCC. The quantitative estimate of drug-likeness (QED) is 0.180. The molecule has 0 aromatic heterocycles. The highest BCUT2D eigenvalue weighted by Crippen LogP contribution is 2.23. The molecule has 0 fully saturated rings. The Hall–Kier alpha value is 0. The molecule has 0 aliphatic rings. The molecule has 0 aliphatic heterocycles. The van der Waals surface area contributed by atoms with Gasteiger partial charge in [0.05, 0.1) is 0 Å². The molecule has 0 aromatic carbocycles. The van der Waals surface area contributed by atoms with Crippen LogP contribution in [0.5, 0.6) is 0 Å². The van der Waals surface area contributed by atoms with Crippen LogP contribution in [0.4, 0.5) is 0 Å². The fraction of sp³-hybridized carbons (Fsp3) is 1.00. The molecule has 1 atom stereocenters. The zero-order valence-corrected chi connectivity index (χ0v) is 18.4. The van der Waals surface area contributed by atoms with Crippen molar-refractivity contribution in [2.24, 2.45) is 5.92 Å². The fourth-order valence-corrected chi connectivity index (χ4v) is 4.06. The molecule has 0 aromatic rings. The van der Waals surface area contributed by atoms with Gasteiger partial charge in [-0.2, -0.15) is 0 Å². The van der Waals surface area contributed by atoms with Gasteiger partial charge in [-0.1, -0.05) is 156 Å². The first-order valence-electron chi connectivity index (χ1n) is 12.3. The third kappa shape index (κ3) is 20.2. The summed E-state index contributed by atoms with van der Waals surface area (Å²) in [4.78, 5) is 0. The van der Waals surface area contributed by atoms with Crippen LogP contribution in [0.1, 0.15) is 156 Å². The van der Waals surface area contributed by atoms with Gasteiger partial charge < -0.3 is 0 Å². The second kappa shape index (κ2) is 22.0. The van der Waals surface area contributed by atoms with Gasteiger partial charge in [-0.15, -0.1) is 0 Å². The average molecular weight is 353 g/mol. The third-order valence-electron chi connectivity index (χ3n) is 5.90. The Bertz CT molecular complexity index is 220. The number of rotatable bonds is 21. The van der Waals surface area contributed by atoms with E-state index in [0.29, 0.717) is 0 Å². The Kier molecular flexibility index (Phi) is 22.0. The van der Waals surface area contributed by atoms with E-state index in [-0.39, 0.29) is 0 Å². The molecule has 0 spiro atoms. The van der Waals surface area contributed by atoms with Crippen LogP contribution >= 0.6 is 0 Å². The van der Waals surface area contributed by atoms with Crippen molar-refractivity contribution < 1.29 is 0 Å². The molecule has 0 nitrogen and oxygen atoms in total. The maximum atomic E-state index is 2.34. The van der Waals surface area contributed by atoms with E-state index in [0.717, 1.165) is 5.92 Å². The van der Waals surface area contributed by atoms with Crippen LogP contribution in [0.2, 0.25) is 0 Å². The highest BCUT2D eigenvalue weighted by Gasteiger charge is 2.07. The Morgan fingerprint density at radius 2 is 0.600 bits per heavy atom. The summed E-state index contributed by atoms with van der Waals surface area (Å²) in [6, 6.07) is 0. The van der Waals surface area contributed by atoms with Crippen molar-refractivity contribution >= 4 is 0 Å². The third-order valence-corrected chi connectivity index (χ3v) is 5.90. The van der Waals surface area contributed by atoms with Crippen molar-refractivity contribution in [3.05, 3.63) is 0 Å². The second-order valence-corrected chi connectivity index (χ2v) is 8.54. The van der Waals surface area contributed by atoms with Crippen LogP contribution in [-0.4, -0.2) is 0 Å². The Morgan fingerprint density at radius 1 is 0.320 bits per heavy atom. The van der Waals surface area contributed by atoms with Crippen molar-refractivity contribution in [1.29, 1.82) is 0 Å². The first-order chi connectivity index (χ1) is 12.3. The summed E-state index contributed by atoms with van der Waals surface area (Å²) in [5.41, 5.74) is 0. The Labute approximate surface area is 161 Å². The van der Waals surface area contributed by atoms with E-state index in [9.17, 15) is 0 Å². The lowest BCUT2D eigenvalue weighted by molar-refractivity contribution is 0.373. The first-order valence-corrected chi connectivity index (χ1v) is 12.3. The minimum Gasteiger partial charge on any atom is -0.0654 e. The first kappa shape index (κ1) is 25.0. The summed E-state index contributed by atoms with van der Waals surface area (Å²) >= 11 is 0. The topological polar surface area (TPSA) is 0 Å². The van der Waals surface area contributed by atoms with Crippen molar-refractivity contribution in [3.8, 4) is 0 Å². The van der Waals surface area contributed by atoms with E-state index < -0.39 is 0 Å². The lowest BCUT2D eigenvalue weighted by atomic mass is 9.90. The lowest BCUT2D eigenvalue weighted by Gasteiger charge is -2.16. The second-order valence-electron chi connectivity index (χ2n) is 8.54. The largest absolute Gasteiger partial charge is 0.0654 e. The standard InChI is InChI=1S/C25H52/c1-4-7-10-11-12-13-14-15-16-17-18-19-21-24-25(22-9-6-3)23-20-8-5-2/h25H,4-24H2,1-3H3. The minimum atomic E-state index is 1.04. The van der Waals surface area contributed by atoms with Crippen LogP contribution in [0.25, 0.3) is 0 Å². The summed E-state index contributed by atoms with van der Waals surface area (Å²) in [7, 11) is 0. The highest BCUT2D eigenvalue weighted by molar-refractivity contribution is 4.61. The molecule has 0 amide bonds. The van der Waals surface area contributed by atoms with E-state index in [1.165, 1.54) is 135 Å². The van der Waals surface area contributed by atoms with Gasteiger partial charge in [-0.3, -0.25) is 0 Å². The molecule has 0 heterocycles. The van der Waals surface area contributed by atoms with Gasteiger partial charge in [0.25, 0.3) is 0 Å². The number of hydrogen-bond donors (Lipinski definition) is 0. The molecule has 0 saturated heterocycles. The molecular formula is C25H52. The van der Waals surface area contributed by atoms with Gasteiger partial charge in [0.2, 0.25) is 0 Å². The van der Waals surface area contributed by atoms with E-state index in [2.05, 4.69) is 20.8 Å². The maximum absolute atomic E-state index is 2.34. The highest BCUT2D eigenvalue weighted by atomic mass is 14.1. The smallest absolute Gasteiger partial charge is 0.0414 e. The normalized spacial score (nSPS) is 12.6. The van der Waals surface area contributed by atoms with Crippen LogP contribution in [0.3, 0.4) is 0 Å². The van der Waals surface area contributed by atoms with E-state index in [1.54, 1.807) is 0 Å². The molecule has 0 radical (unpaired) electrons. The van der Waals surface area contributed by atoms with Crippen LogP contribution < -0.4 is 0 Å². The van der Waals surface area contributed by atoms with Gasteiger partial charge in [-0.05, 0) is 5.92 Å². The molecule has 152 valence electrons. The van der Waals surface area contributed by atoms with Gasteiger partial charge >= 0.3 is 0 Å². The summed E-state index contributed by atoms with van der Waals surface area (Å²) < 4.78 is 0. The van der Waals surface area contributed by atoms with Crippen LogP contribution in [0, 0.1) is 5.92 Å². The van der Waals surface area contributed by atoms with Gasteiger partial charge in [0.1, 0.15) is 0 Å². The molecule has 0 rings (SSSR count). The number of hydrogen-bond acceptors (Lipinski definition) is 0. The van der Waals surface area contributed by atoms with Crippen LogP contribution in [0.15, 0.2) is 0 Å². The monoisotopic (exact) mass is 352 g/mol. The van der Waals surface area contributed by atoms with Crippen molar-refractivity contribution in [1.82, 2.24) is 0 Å². The summed E-state index contributed by atoms with van der Waals surface area (Å²) in [5, 5.41) is 0. The van der Waals surface area contributed by atoms with E-state index in [1.807, 2.05) is 0 Å². The summed E-state index contributed by atoms with van der Waals surface area (Å²) in [6.07, 6.45) is 30.8. The van der Waals surface area contributed by atoms with E-state index >= 15 is 0 Å². The maximum Gasteiger partial charge on any atom is -0.0414 e. The molecule has 1 unspecified atom stereocenters. The molecule has 0 saturated carbocycles. The molecule has 25 heavy (non-hydrogen) atoms. The molecular weight excluding hydrogens is 300 g/mol. The molecule has 0 aliphatic carbocycles.